The summed E-state index contributed by atoms with van der Waals surface area (Å²) in [4.78, 5) is 35.5. The second kappa shape index (κ2) is 7.03. The van der Waals surface area contributed by atoms with Gasteiger partial charge in [0.15, 0.2) is 0 Å². The van der Waals surface area contributed by atoms with Gasteiger partial charge in [0.1, 0.15) is 29.4 Å². The molecule has 152 valence electrons. The van der Waals surface area contributed by atoms with Gasteiger partial charge in [0, 0.05) is 19.4 Å². The Morgan fingerprint density at radius 1 is 1.20 bits per heavy atom. The van der Waals surface area contributed by atoms with Gasteiger partial charge >= 0.3 is 0 Å². The number of hydrogen-bond donors (Lipinski definition) is 3. The molecular formula is C19H15F2N7O2. The van der Waals surface area contributed by atoms with E-state index in [0.717, 1.165) is 12.1 Å². The number of nitrogens with zero attached hydrogens (tertiary/aromatic N) is 4. The molecule has 30 heavy (non-hydrogen) atoms. The number of nitrogens with two attached hydrogens (primary N) is 1. The molecule has 0 aliphatic heterocycles. The van der Waals surface area contributed by atoms with Crippen molar-refractivity contribution in [2.45, 2.75) is 6.92 Å². The number of fused-ring (bicyclic) bond motifs is 1. The summed E-state index contributed by atoms with van der Waals surface area (Å²) < 4.78 is 30.7. The van der Waals surface area contributed by atoms with E-state index in [0.29, 0.717) is 11.4 Å². The van der Waals surface area contributed by atoms with Crippen LogP contribution in [0.1, 0.15) is 32.0 Å². The van der Waals surface area contributed by atoms with Crippen LogP contribution in [0.25, 0.3) is 11.0 Å². The third-order valence-electron chi connectivity index (χ3n) is 4.56. The number of halogens is 2. The maximum atomic E-state index is 14.7. The molecule has 4 aromatic rings. The van der Waals surface area contributed by atoms with E-state index in [4.69, 9.17) is 5.73 Å². The fraction of sp³-hybridized carbons (Fsp3) is 0.105. The molecule has 0 saturated heterocycles. The molecule has 0 saturated carbocycles. The van der Waals surface area contributed by atoms with E-state index >= 15 is 0 Å². The average molecular weight is 411 g/mol. The van der Waals surface area contributed by atoms with E-state index in [1.165, 1.54) is 12.5 Å². The third-order valence-corrected chi connectivity index (χ3v) is 4.56. The van der Waals surface area contributed by atoms with Gasteiger partial charge in [-0.1, -0.05) is 0 Å². The van der Waals surface area contributed by atoms with Gasteiger partial charge in [-0.05, 0) is 19.1 Å². The number of aryl methyl sites for hydroxylation is 2. The Bertz CT molecular complexity index is 1330. The summed E-state index contributed by atoms with van der Waals surface area (Å²) in [6, 6.07) is 1.71. The average Bonchev–Trinajstić information content (AvgIpc) is 3.25. The zero-order valence-corrected chi connectivity index (χ0v) is 15.8. The number of aromatic amines is 1. The number of rotatable bonds is 5. The van der Waals surface area contributed by atoms with Crippen LogP contribution in [0.15, 0.2) is 30.9 Å². The summed E-state index contributed by atoms with van der Waals surface area (Å²) >= 11 is 0. The second-order valence-corrected chi connectivity index (χ2v) is 6.55. The van der Waals surface area contributed by atoms with Crippen molar-refractivity contribution in [3.8, 4) is 0 Å². The van der Waals surface area contributed by atoms with Crippen molar-refractivity contribution < 1.29 is 18.4 Å². The summed E-state index contributed by atoms with van der Waals surface area (Å²) in [6.07, 6.45) is 4.27. The lowest BCUT2D eigenvalue weighted by molar-refractivity contribution is 0.0996. The highest BCUT2D eigenvalue weighted by Crippen LogP contribution is 2.30. The van der Waals surface area contributed by atoms with E-state index in [1.54, 1.807) is 24.9 Å². The van der Waals surface area contributed by atoms with Gasteiger partial charge < -0.3 is 16.0 Å². The van der Waals surface area contributed by atoms with Gasteiger partial charge in [-0.25, -0.2) is 18.7 Å². The fourth-order valence-corrected chi connectivity index (χ4v) is 3.17. The molecule has 0 radical (unpaired) electrons. The van der Waals surface area contributed by atoms with Crippen molar-refractivity contribution in [1.29, 1.82) is 0 Å². The maximum Gasteiger partial charge on any atom is 0.251 e. The number of nitrogens with one attached hydrogen (secondary N) is 2. The van der Waals surface area contributed by atoms with Crippen molar-refractivity contribution in [1.82, 2.24) is 24.7 Å². The number of amides is 1. The van der Waals surface area contributed by atoms with Gasteiger partial charge in [0.2, 0.25) is 5.78 Å². The third kappa shape index (κ3) is 3.05. The van der Waals surface area contributed by atoms with Gasteiger partial charge in [0.05, 0.1) is 33.5 Å². The van der Waals surface area contributed by atoms with E-state index in [2.05, 4.69) is 25.4 Å². The molecule has 0 atom stereocenters. The first-order chi connectivity index (χ1) is 14.3. The predicted octanol–water partition coefficient (Wildman–Crippen LogP) is 2.35. The van der Waals surface area contributed by atoms with Crippen LogP contribution in [0.2, 0.25) is 0 Å². The Labute approximate surface area is 167 Å². The number of anilines is 2. The number of aromatic nitrogens is 5. The molecule has 0 fully saturated rings. The molecule has 11 heteroatoms. The van der Waals surface area contributed by atoms with Gasteiger partial charge in [-0.15, -0.1) is 0 Å². The Balaban J connectivity index is 1.87. The van der Waals surface area contributed by atoms with Crippen LogP contribution in [-0.4, -0.2) is 36.4 Å². The number of primary amides is 1. The summed E-state index contributed by atoms with van der Waals surface area (Å²) in [5, 5.41) is 7.51. The normalized spacial score (nSPS) is 11.1. The Morgan fingerprint density at radius 2 is 1.97 bits per heavy atom. The minimum Gasteiger partial charge on any atom is -0.366 e. The zero-order valence-electron chi connectivity index (χ0n) is 15.8. The molecule has 1 amide bonds. The fourth-order valence-electron chi connectivity index (χ4n) is 3.17. The minimum absolute atomic E-state index is 0.0749. The standard InChI is InChI=1S/C19H15F2N7O2/c1-8-12(6-28(2)27-8)26-19-13-10(5-23-18(13)24-7-25-19)16(29)14-11(20)4-3-9(15(14)21)17(22)30/h3-7H,1-2H3,(H2,22,30)(H2,23,24,25,26). The lowest BCUT2D eigenvalue weighted by atomic mass is 9.99. The monoisotopic (exact) mass is 411 g/mol. The molecular weight excluding hydrogens is 396 g/mol. The number of benzene rings is 1. The van der Waals surface area contributed by atoms with Crippen LogP contribution >= 0.6 is 0 Å². The van der Waals surface area contributed by atoms with E-state index in [1.807, 2.05) is 0 Å². The summed E-state index contributed by atoms with van der Waals surface area (Å²) in [5.74, 6) is -4.30. The van der Waals surface area contributed by atoms with E-state index in [-0.39, 0.29) is 22.4 Å². The zero-order chi connectivity index (χ0) is 21.6. The summed E-state index contributed by atoms with van der Waals surface area (Å²) in [5.41, 5.74) is 5.16. The molecule has 4 rings (SSSR count). The van der Waals surface area contributed by atoms with Crippen LogP contribution < -0.4 is 11.1 Å². The Morgan fingerprint density at radius 3 is 2.63 bits per heavy atom. The minimum atomic E-state index is -1.32. The molecule has 0 spiro atoms. The van der Waals surface area contributed by atoms with Gasteiger partial charge in [-0.2, -0.15) is 5.10 Å². The molecule has 0 bridgehead atoms. The largest absolute Gasteiger partial charge is 0.366 e. The predicted molar refractivity (Wildman–Crippen MR) is 103 cm³/mol. The molecule has 3 heterocycles. The van der Waals surface area contributed by atoms with E-state index < -0.39 is 34.5 Å². The Hall–Kier alpha value is -4.15. The van der Waals surface area contributed by atoms with Crippen LogP contribution in [0.5, 0.6) is 0 Å². The van der Waals surface area contributed by atoms with Crippen LogP contribution in [0.4, 0.5) is 20.3 Å². The molecule has 0 aliphatic carbocycles. The molecule has 4 N–H and O–H groups in total. The molecule has 0 unspecified atom stereocenters. The molecule has 0 aliphatic rings. The SMILES string of the molecule is Cc1nn(C)cc1Nc1ncnc2[nH]cc(C(=O)c3c(F)ccc(C(N)=O)c3F)c12. The Kier molecular flexibility index (Phi) is 4.49. The number of ketones is 1. The lowest BCUT2D eigenvalue weighted by Crippen LogP contribution is -2.17. The number of H-pyrrole nitrogens is 1. The number of carbonyl (C=O) groups is 2. The second-order valence-electron chi connectivity index (χ2n) is 6.55. The lowest BCUT2D eigenvalue weighted by Gasteiger charge is -2.09. The van der Waals surface area contributed by atoms with Gasteiger partial charge in [-0.3, -0.25) is 14.3 Å². The highest BCUT2D eigenvalue weighted by Gasteiger charge is 2.27. The quantitative estimate of drug-likeness (QED) is 0.432. The molecule has 3 aromatic heterocycles. The topological polar surface area (TPSA) is 132 Å². The van der Waals surface area contributed by atoms with Crippen LogP contribution in [0.3, 0.4) is 0 Å². The number of hydrogen-bond acceptors (Lipinski definition) is 6. The van der Waals surface area contributed by atoms with Gasteiger partial charge in [0.25, 0.3) is 5.91 Å². The highest BCUT2D eigenvalue weighted by atomic mass is 19.1. The summed E-state index contributed by atoms with van der Waals surface area (Å²) in [7, 11) is 1.75. The maximum absolute atomic E-state index is 14.7. The summed E-state index contributed by atoms with van der Waals surface area (Å²) in [6.45, 7) is 1.78. The molecule has 1 aromatic carbocycles. The van der Waals surface area contributed by atoms with Crippen LogP contribution in [0, 0.1) is 18.6 Å². The molecule has 9 nitrogen and oxygen atoms in total. The van der Waals surface area contributed by atoms with Crippen molar-refractivity contribution in [3.63, 3.8) is 0 Å². The number of carbonyl (C=O) groups excluding carboxylic acids is 2. The van der Waals surface area contributed by atoms with E-state index in [9.17, 15) is 18.4 Å². The van der Waals surface area contributed by atoms with Crippen molar-refractivity contribution >= 4 is 34.2 Å². The van der Waals surface area contributed by atoms with Crippen molar-refractivity contribution in [3.05, 3.63) is 64.9 Å². The first-order valence-corrected chi connectivity index (χ1v) is 8.69. The highest BCUT2D eigenvalue weighted by molar-refractivity contribution is 6.19. The van der Waals surface area contributed by atoms with Crippen molar-refractivity contribution in [2.24, 2.45) is 12.8 Å². The smallest absolute Gasteiger partial charge is 0.251 e. The van der Waals surface area contributed by atoms with Crippen molar-refractivity contribution in [2.75, 3.05) is 5.32 Å². The first kappa shape index (κ1) is 19.2. The van der Waals surface area contributed by atoms with Crippen LogP contribution in [-0.2, 0) is 7.05 Å². The first-order valence-electron chi connectivity index (χ1n) is 8.69.